The SMILES string of the molecule is O=C(Cn1cnc2ccccc2c1=O)Nc1nc(C2CC2)cs1. The average Bonchev–Trinajstić information content (AvgIpc) is 3.31. The molecule has 6 nitrogen and oxygen atoms in total. The Kier molecular flexibility index (Phi) is 3.42. The molecule has 1 saturated carbocycles. The van der Waals surface area contributed by atoms with Crippen LogP contribution in [0.15, 0.2) is 40.8 Å². The summed E-state index contributed by atoms with van der Waals surface area (Å²) in [6.45, 7) is -0.0744. The predicted molar refractivity (Wildman–Crippen MR) is 88.7 cm³/mol. The van der Waals surface area contributed by atoms with Crippen molar-refractivity contribution in [3.8, 4) is 0 Å². The minimum absolute atomic E-state index is 0.0744. The molecule has 1 aliphatic rings. The van der Waals surface area contributed by atoms with E-state index in [1.54, 1.807) is 18.2 Å². The Morgan fingerprint density at radius 3 is 3.00 bits per heavy atom. The molecule has 3 aromatic rings. The van der Waals surface area contributed by atoms with E-state index in [2.05, 4.69) is 15.3 Å². The van der Waals surface area contributed by atoms with Crippen LogP contribution in [0.1, 0.15) is 24.5 Å². The van der Waals surface area contributed by atoms with Gasteiger partial charge in [-0.15, -0.1) is 11.3 Å². The van der Waals surface area contributed by atoms with Crippen molar-refractivity contribution >= 4 is 33.3 Å². The molecule has 1 aromatic carbocycles. The second kappa shape index (κ2) is 5.58. The van der Waals surface area contributed by atoms with Crippen LogP contribution in [0.5, 0.6) is 0 Å². The molecule has 1 aliphatic carbocycles. The number of aromatic nitrogens is 3. The number of thiazole rings is 1. The Hall–Kier alpha value is -2.54. The summed E-state index contributed by atoms with van der Waals surface area (Å²) in [6.07, 6.45) is 3.76. The summed E-state index contributed by atoms with van der Waals surface area (Å²) in [4.78, 5) is 33.1. The predicted octanol–water partition coefficient (Wildman–Crippen LogP) is 2.37. The standard InChI is InChI=1S/C16H14N4O2S/c21-14(19-16-18-13(8-23-16)10-5-6-10)7-20-9-17-12-4-2-1-3-11(12)15(20)22/h1-4,8-10H,5-7H2,(H,18,19,21). The van der Waals surface area contributed by atoms with E-state index in [1.165, 1.54) is 35.1 Å². The molecule has 116 valence electrons. The van der Waals surface area contributed by atoms with Gasteiger partial charge >= 0.3 is 0 Å². The number of hydrogen-bond acceptors (Lipinski definition) is 5. The molecule has 7 heteroatoms. The van der Waals surface area contributed by atoms with Crippen LogP contribution in [0, 0.1) is 0 Å². The summed E-state index contributed by atoms with van der Waals surface area (Å²) < 4.78 is 1.31. The van der Waals surface area contributed by atoms with E-state index < -0.39 is 0 Å². The van der Waals surface area contributed by atoms with Crippen LogP contribution < -0.4 is 10.9 Å². The lowest BCUT2D eigenvalue weighted by Gasteiger charge is -2.06. The Morgan fingerprint density at radius 2 is 2.17 bits per heavy atom. The highest BCUT2D eigenvalue weighted by Gasteiger charge is 2.26. The Balaban J connectivity index is 1.51. The lowest BCUT2D eigenvalue weighted by Crippen LogP contribution is -2.27. The van der Waals surface area contributed by atoms with E-state index in [1.807, 2.05) is 11.4 Å². The first-order valence-corrected chi connectivity index (χ1v) is 8.28. The second-order valence-electron chi connectivity index (χ2n) is 5.59. The molecule has 2 heterocycles. The van der Waals surface area contributed by atoms with Gasteiger partial charge < -0.3 is 5.32 Å². The fraction of sp³-hybridized carbons (Fsp3) is 0.250. The van der Waals surface area contributed by atoms with Crippen LogP contribution in [0.3, 0.4) is 0 Å². The zero-order chi connectivity index (χ0) is 15.8. The molecule has 1 fully saturated rings. The number of benzene rings is 1. The lowest BCUT2D eigenvalue weighted by molar-refractivity contribution is -0.116. The first-order chi connectivity index (χ1) is 11.2. The van der Waals surface area contributed by atoms with Crippen molar-refractivity contribution in [2.75, 3.05) is 5.32 Å². The highest BCUT2D eigenvalue weighted by Crippen LogP contribution is 2.40. The number of rotatable bonds is 4. The van der Waals surface area contributed by atoms with E-state index in [0.717, 1.165) is 5.69 Å². The summed E-state index contributed by atoms with van der Waals surface area (Å²) in [7, 11) is 0. The number of hydrogen-bond donors (Lipinski definition) is 1. The van der Waals surface area contributed by atoms with E-state index >= 15 is 0 Å². The van der Waals surface area contributed by atoms with Crippen LogP contribution in [-0.2, 0) is 11.3 Å². The van der Waals surface area contributed by atoms with Gasteiger partial charge in [0.1, 0.15) is 6.54 Å². The molecule has 0 bridgehead atoms. The maximum atomic E-state index is 12.3. The van der Waals surface area contributed by atoms with Crippen LogP contribution >= 0.6 is 11.3 Å². The molecule has 0 unspecified atom stereocenters. The molecule has 4 rings (SSSR count). The number of anilines is 1. The molecule has 0 atom stereocenters. The van der Waals surface area contributed by atoms with Gasteiger partial charge in [0.2, 0.25) is 5.91 Å². The van der Waals surface area contributed by atoms with Crippen molar-refractivity contribution < 1.29 is 4.79 Å². The van der Waals surface area contributed by atoms with Crippen LogP contribution in [-0.4, -0.2) is 20.4 Å². The van der Waals surface area contributed by atoms with Gasteiger partial charge in [-0.25, -0.2) is 9.97 Å². The maximum Gasteiger partial charge on any atom is 0.261 e. The Morgan fingerprint density at radius 1 is 1.35 bits per heavy atom. The summed E-state index contributed by atoms with van der Waals surface area (Å²) in [5, 5.41) is 5.82. The Labute approximate surface area is 135 Å². The molecule has 0 radical (unpaired) electrons. The normalized spacial score (nSPS) is 14.1. The number of carbonyl (C=O) groups excluding carboxylic acids is 1. The quantitative estimate of drug-likeness (QED) is 0.798. The minimum Gasteiger partial charge on any atom is -0.300 e. The number of nitrogens with one attached hydrogen (secondary N) is 1. The van der Waals surface area contributed by atoms with Crippen LogP contribution in [0.2, 0.25) is 0 Å². The van der Waals surface area contributed by atoms with Crippen molar-refractivity contribution in [2.45, 2.75) is 25.3 Å². The van der Waals surface area contributed by atoms with Crippen molar-refractivity contribution in [3.05, 3.63) is 52.0 Å². The zero-order valence-corrected chi connectivity index (χ0v) is 13.0. The highest BCUT2D eigenvalue weighted by atomic mass is 32.1. The number of para-hydroxylation sites is 1. The third kappa shape index (κ3) is 2.87. The van der Waals surface area contributed by atoms with Gasteiger partial charge in [-0.1, -0.05) is 12.1 Å². The van der Waals surface area contributed by atoms with Crippen molar-refractivity contribution in [2.24, 2.45) is 0 Å². The number of fused-ring (bicyclic) bond motifs is 1. The summed E-state index contributed by atoms with van der Waals surface area (Å²) >= 11 is 1.42. The fourth-order valence-corrected chi connectivity index (χ4v) is 3.25. The molecule has 2 aromatic heterocycles. The average molecular weight is 326 g/mol. The molecule has 1 N–H and O–H groups in total. The number of amides is 1. The van der Waals surface area contributed by atoms with E-state index in [4.69, 9.17) is 0 Å². The van der Waals surface area contributed by atoms with E-state index in [0.29, 0.717) is 22.0 Å². The first-order valence-electron chi connectivity index (χ1n) is 7.40. The van der Waals surface area contributed by atoms with Gasteiger partial charge in [-0.05, 0) is 25.0 Å². The molecule has 0 saturated heterocycles. The van der Waals surface area contributed by atoms with Gasteiger partial charge in [0.15, 0.2) is 5.13 Å². The fourth-order valence-electron chi connectivity index (χ4n) is 2.44. The smallest absolute Gasteiger partial charge is 0.261 e. The molecule has 23 heavy (non-hydrogen) atoms. The van der Waals surface area contributed by atoms with Gasteiger partial charge in [0.25, 0.3) is 5.56 Å². The van der Waals surface area contributed by atoms with Gasteiger partial charge in [0, 0.05) is 11.3 Å². The monoisotopic (exact) mass is 326 g/mol. The second-order valence-corrected chi connectivity index (χ2v) is 6.45. The number of carbonyl (C=O) groups is 1. The van der Waals surface area contributed by atoms with Gasteiger partial charge in [0.05, 0.1) is 22.9 Å². The Bertz CT molecular complexity index is 942. The van der Waals surface area contributed by atoms with Crippen LogP contribution in [0.4, 0.5) is 5.13 Å². The van der Waals surface area contributed by atoms with Gasteiger partial charge in [-0.3, -0.25) is 14.2 Å². The maximum absolute atomic E-state index is 12.3. The number of nitrogens with zero attached hydrogens (tertiary/aromatic N) is 3. The largest absolute Gasteiger partial charge is 0.300 e. The minimum atomic E-state index is -0.277. The highest BCUT2D eigenvalue weighted by molar-refractivity contribution is 7.13. The first kappa shape index (κ1) is 14.1. The third-order valence-electron chi connectivity index (χ3n) is 3.81. The van der Waals surface area contributed by atoms with Crippen LogP contribution in [0.25, 0.3) is 10.9 Å². The molecular formula is C16H14N4O2S. The molecule has 0 spiro atoms. The lowest BCUT2D eigenvalue weighted by atomic mass is 10.2. The molecular weight excluding hydrogens is 312 g/mol. The summed E-state index contributed by atoms with van der Waals surface area (Å²) in [6, 6.07) is 7.09. The van der Waals surface area contributed by atoms with Gasteiger partial charge in [-0.2, -0.15) is 0 Å². The third-order valence-corrected chi connectivity index (χ3v) is 4.59. The summed E-state index contributed by atoms with van der Waals surface area (Å²) in [5.74, 6) is 0.282. The van der Waals surface area contributed by atoms with Crippen molar-refractivity contribution in [1.29, 1.82) is 0 Å². The van der Waals surface area contributed by atoms with E-state index in [9.17, 15) is 9.59 Å². The van der Waals surface area contributed by atoms with Crippen molar-refractivity contribution in [3.63, 3.8) is 0 Å². The molecule has 1 amide bonds. The van der Waals surface area contributed by atoms with E-state index in [-0.39, 0.29) is 18.0 Å². The zero-order valence-electron chi connectivity index (χ0n) is 12.2. The van der Waals surface area contributed by atoms with Crippen molar-refractivity contribution in [1.82, 2.24) is 14.5 Å². The molecule has 0 aliphatic heterocycles. The topological polar surface area (TPSA) is 76.9 Å². The summed E-state index contributed by atoms with van der Waals surface area (Å²) in [5.41, 5.74) is 1.46.